The summed E-state index contributed by atoms with van der Waals surface area (Å²) in [6, 6.07) is 13.6. The van der Waals surface area contributed by atoms with Crippen molar-refractivity contribution in [1.82, 2.24) is 0 Å². The Kier molecular flexibility index (Phi) is 4.28. The Morgan fingerprint density at radius 2 is 1.91 bits per heavy atom. The molecule has 0 saturated carbocycles. The van der Waals surface area contributed by atoms with Gasteiger partial charge in [0.05, 0.1) is 6.10 Å². The molecule has 0 aromatic heterocycles. The molecule has 4 N–H and O–H groups in total. The third kappa shape index (κ3) is 3.05. The molecule has 122 valence electrons. The molecule has 23 heavy (non-hydrogen) atoms. The lowest BCUT2D eigenvalue weighted by molar-refractivity contribution is -0.0964. The number of rotatable bonds is 4. The van der Waals surface area contributed by atoms with Crippen LogP contribution < -0.4 is 5.73 Å². The molecule has 0 bridgehead atoms. The third-order valence-electron chi connectivity index (χ3n) is 4.68. The maximum atomic E-state index is 10.2. The fourth-order valence-corrected chi connectivity index (χ4v) is 3.32. The summed E-state index contributed by atoms with van der Waals surface area (Å²) in [7, 11) is 0. The Morgan fingerprint density at radius 1 is 1.17 bits per heavy atom. The number of phenolic OH excluding ortho intramolecular Hbond substituents is 2. The molecule has 0 aliphatic carbocycles. The summed E-state index contributed by atoms with van der Waals surface area (Å²) in [5.74, 6) is -0.137. The Morgan fingerprint density at radius 3 is 2.61 bits per heavy atom. The number of phenols is 2. The molecule has 0 amide bonds. The third-order valence-corrected chi connectivity index (χ3v) is 4.68. The Balaban J connectivity index is 1.84. The van der Waals surface area contributed by atoms with Gasteiger partial charge < -0.3 is 20.7 Å². The van der Waals surface area contributed by atoms with E-state index in [0.717, 1.165) is 24.0 Å². The predicted molar refractivity (Wildman–Crippen MR) is 89.5 cm³/mol. The van der Waals surface area contributed by atoms with Gasteiger partial charge in [-0.1, -0.05) is 36.4 Å². The zero-order valence-electron chi connectivity index (χ0n) is 13.3. The lowest BCUT2D eigenvalue weighted by Crippen LogP contribution is -2.43. The Bertz CT molecular complexity index is 687. The van der Waals surface area contributed by atoms with Gasteiger partial charge in [0.1, 0.15) is 5.60 Å². The molecule has 0 spiro atoms. The van der Waals surface area contributed by atoms with Crippen molar-refractivity contribution in [2.24, 2.45) is 5.73 Å². The van der Waals surface area contributed by atoms with Crippen LogP contribution in [0.3, 0.4) is 0 Å². The minimum absolute atomic E-state index is 0.0380. The zero-order chi connectivity index (χ0) is 16.4. The first-order chi connectivity index (χ1) is 11.0. The van der Waals surface area contributed by atoms with E-state index in [0.29, 0.717) is 13.0 Å². The monoisotopic (exact) mass is 313 g/mol. The molecule has 4 heteroatoms. The van der Waals surface area contributed by atoms with Gasteiger partial charge in [-0.25, -0.2) is 0 Å². The topological polar surface area (TPSA) is 75.7 Å². The molecule has 2 atom stereocenters. The first kappa shape index (κ1) is 15.8. The average Bonchev–Trinajstić information content (AvgIpc) is 2.57. The summed E-state index contributed by atoms with van der Waals surface area (Å²) in [6.07, 6.45) is 2.29. The normalized spacial score (nSPS) is 23.5. The van der Waals surface area contributed by atoms with Crippen LogP contribution >= 0.6 is 0 Å². The van der Waals surface area contributed by atoms with Gasteiger partial charge in [0.15, 0.2) is 11.5 Å². The summed E-state index contributed by atoms with van der Waals surface area (Å²) >= 11 is 0. The first-order valence-corrected chi connectivity index (χ1v) is 7.99. The minimum Gasteiger partial charge on any atom is -0.504 e. The van der Waals surface area contributed by atoms with Crippen molar-refractivity contribution in [3.05, 3.63) is 59.2 Å². The molecule has 0 fully saturated rings. The highest BCUT2D eigenvalue weighted by atomic mass is 16.5. The number of hydrogen-bond donors (Lipinski definition) is 3. The van der Waals surface area contributed by atoms with E-state index in [1.165, 1.54) is 11.6 Å². The number of fused-ring (bicyclic) bond motifs is 1. The summed E-state index contributed by atoms with van der Waals surface area (Å²) in [6.45, 7) is 2.27. The van der Waals surface area contributed by atoms with E-state index in [1.807, 2.05) is 25.1 Å². The highest BCUT2D eigenvalue weighted by Gasteiger charge is 2.38. The van der Waals surface area contributed by atoms with E-state index in [4.69, 9.17) is 10.5 Å². The van der Waals surface area contributed by atoms with E-state index >= 15 is 0 Å². The number of aryl methyl sites for hydroxylation is 1. The molecule has 0 radical (unpaired) electrons. The van der Waals surface area contributed by atoms with Gasteiger partial charge in [-0.2, -0.15) is 0 Å². The van der Waals surface area contributed by atoms with Crippen LogP contribution in [0.1, 0.15) is 30.0 Å². The summed E-state index contributed by atoms with van der Waals surface area (Å²) < 4.78 is 6.25. The van der Waals surface area contributed by atoms with Gasteiger partial charge >= 0.3 is 0 Å². The van der Waals surface area contributed by atoms with E-state index in [2.05, 4.69) is 12.1 Å². The van der Waals surface area contributed by atoms with E-state index in [1.54, 1.807) is 6.07 Å². The molecule has 4 nitrogen and oxygen atoms in total. The van der Waals surface area contributed by atoms with Crippen LogP contribution in [0, 0.1) is 0 Å². The summed E-state index contributed by atoms with van der Waals surface area (Å²) in [4.78, 5) is 0. The largest absolute Gasteiger partial charge is 0.504 e. The van der Waals surface area contributed by atoms with Crippen LogP contribution in [-0.2, 0) is 23.2 Å². The quantitative estimate of drug-likeness (QED) is 0.759. The van der Waals surface area contributed by atoms with Crippen LogP contribution in [0.5, 0.6) is 11.5 Å². The van der Waals surface area contributed by atoms with Crippen LogP contribution in [0.2, 0.25) is 0 Å². The molecule has 1 heterocycles. The second-order valence-electron chi connectivity index (χ2n) is 6.36. The first-order valence-electron chi connectivity index (χ1n) is 7.99. The summed E-state index contributed by atoms with van der Waals surface area (Å²) in [5, 5.41) is 20.0. The lowest BCUT2D eigenvalue weighted by Gasteiger charge is -2.40. The van der Waals surface area contributed by atoms with Crippen LogP contribution in [-0.4, -0.2) is 22.9 Å². The van der Waals surface area contributed by atoms with Gasteiger partial charge in [-0.3, -0.25) is 0 Å². The molecule has 2 aromatic carbocycles. The highest BCUT2D eigenvalue weighted by Crippen LogP contribution is 2.43. The van der Waals surface area contributed by atoms with Gasteiger partial charge in [0.25, 0.3) is 0 Å². The lowest BCUT2D eigenvalue weighted by atomic mass is 9.83. The second-order valence-corrected chi connectivity index (χ2v) is 6.36. The van der Waals surface area contributed by atoms with Crippen molar-refractivity contribution in [2.75, 3.05) is 6.54 Å². The molecule has 1 aliphatic heterocycles. The average molecular weight is 313 g/mol. The number of aromatic hydroxyl groups is 2. The van der Waals surface area contributed by atoms with Gasteiger partial charge in [-0.05, 0) is 37.0 Å². The van der Waals surface area contributed by atoms with Crippen molar-refractivity contribution in [2.45, 2.75) is 37.9 Å². The molecular weight excluding hydrogens is 290 g/mol. The molecule has 2 aromatic rings. The maximum Gasteiger partial charge on any atom is 0.161 e. The maximum absolute atomic E-state index is 10.2. The van der Waals surface area contributed by atoms with E-state index in [9.17, 15) is 10.2 Å². The van der Waals surface area contributed by atoms with Crippen LogP contribution in [0.15, 0.2) is 42.5 Å². The zero-order valence-corrected chi connectivity index (χ0v) is 13.3. The standard InChI is InChI=1S/C19H23NO3/c1-19(12-20)16-9-10-17(21)18(22)15(16)11-14(23-19)8-7-13-5-3-2-4-6-13/h2-6,9-10,14,21-22H,7-8,11-12,20H2,1H3. The smallest absolute Gasteiger partial charge is 0.161 e. The molecule has 1 aliphatic rings. The fraction of sp³-hybridized carbons (Fsp3) is 0.368. The van der Waals surface area contributed by atoms with Gasteiger partial charge in [0.2, 0.25) is 0 Å². The van der Waals surface area contributed by atoms with Crippen molar-refractivity contribution < 1.29 is 14.9 Å². The van der Waals surface area contributed by atoms with Crippen LogP contribution in [0.4, 0.5) is 0 Å². The Hall–Kier alpha value is -2.04. The van der Waals surface area contributed by atoms with Crippen LogP contribution in [0.25, 0.3) is 0 Å². The number of hydrogen-bond acceptors (Lipinski definition) is 4. The molecular formula is C19H23NO3. The summed E-state index contributed by atoms with van der Waals surface area (Å²) in [5.41, 5.74) is 8.18. The van der Waals surface area contributed by atoms with Crippen molar-refractivity contribution in [3.8, 4) is 11.5 Å². The SMILES string of the molecule is CC1(CN)OC(CCc2ccccc2)Cc2c1ccc(O)c2O. The van der Waals surface area contributed by atoms with Gasteiger partial charge in [-0.15, -0.1) is 0 Å². The Labute approximate surface area is 136 Å². The van der Waals surface area contributed by atoms with Crippen molar-refractivity contribution in [1.29, 1.82) is 0 Å². The molecule has 3 rings (SSSR count). The van der Waals surface area contributed by atoms with Crippen molar-refractivity contribution >= 4 is 0 Å². The second kappa shape index (κ2) is 6.22. The minimum atomic E-state index is -0.639. The van der Waals surface area contributed by atoms with E-state index < -0.39 is 5.60 Å². The number of ether oxygens (including phenoxy) is 1. The van der Waals surface area contributed by atoms with Crippen molar-refractivity contribution in [3.63, 3.8) is 0 Å². The highest BCUT2D eigenvalue weighted by molar-refractivity contribution is 5.52. The predicted octanol–water partition coefficient (Wildman–Crippen LogP) is 2.85. The molecule has 0 saturated heterocycles. The van der Waals surface area contributed by atoms with Gasteiger partial charge in [0, 0.05) is 18.5 Å². The molecule has 2 unspecified atom stereocenters. The number of benzene rings is 2. The fourth-order valence-electron chi connectivity index (χ4n) is 3.32. The number of nitrogens with two attached hydrogens (primary N) is 1. The van der Waals surface area contributed by atoms with E-state index in [-0.39, 0.29) is 17.6 Å².